The summed E-state index contributed by atoms with van der Waals surface area (Å²) in [5, 5.41) is 3.74. The smallest absolute Gasteiger partial charge is 0.0342 e. The molecule has 0 saturated heterocycles. The van der Waals surface area contributed by atoms with E-state index in [1.807, 2.05) is 0 Å². The molecule has 15 heavy (non-hydrogen) atoms. The molecule has 0 radical (unpaired) electrons. The second-order valence-electron chi connectivity index (χ2n) is 4.68. The molecule has 0 heterocycles. The van der Waals surface area contributed by atoms with E-state index in [4.69, 9.17) is 0 Å². The van der Waals surface area contributed by atoms with E-state index in [1.54, 1.807) is 0 Å². The van der Waals surface area contributed by atoms with Crippen molar-refractivity contribution < 1.29 is 4.21 Å². The van der Waals surface area contributed by atoms with Gasteiger partial charge in [0.15, 0.2) is 0 Å². The minimum absolute atomic E-state index is 0.323. The molecule has 0 aromatic rings. The van der Waals surface area contributed by atoms with Gasteiger partial charge in [-0.2, -0.15) is 0 Å². The van der Waals surface area contributed by atoms with Crippen molar-refractivity contribution in [3.63, 3.8) is 0 Å². The van der Waals surface area contributed by atoms with Gasteiger partial charge < -0.3 is 5.32 Å². The van der Waals surface area contributed by atoms with Crippen molar-refractivity contribution in [1.82, 2.24) is 5.32 Å². The first kappa shape index (κ1) is 15.1. The summed E-state index contributed by atoms with van der Waals surface area (Å²) in [6, 6.07) is 0.494. The molecule has 3 heteroatoms. The van der Waals surface area contributed by atoms with Crippen LogP contribution in [-0.4, -0.2) is 27.8 Å². The summed E-state index contributed by atoms with van der Waals surface area (Å²) < 4.78 is 11.8. The first-order valence-electron chi connectivity index (χ1n) is 6.09. The fourth-order valence-electron chi connectivity index (χ4n) is 1.28. The van der Waals surface area contributed by atoms with E-state index < -0.39 is 10.8 Å². The normalized spacial score (nSPS) is 17.7. The summed E-state index contributed by atoms with van der Waals surface area (Å²) in [7, 11) is -0.661. The molecule has 0 amide bonds. The average molecular weight is 233 g/mol. The maximum Gasteiger partial charge on any atom is 0.0342 e. The SMILES string of the molecule is CCCNC(C)CCS(=O)C(C)C(C)C. The monoisotopic (exact) mass is 233 g/mol. The Bertz CT molecular complexity index is 182. The Morgan fingerprint density at radius 3 is 2.27 bits per heavy atom. The Kier molecular flexibility index (Phi) is 8.34. The van der Waals surface area contributed by atoms with Crippen LogP contribution in [0.5, 0.6) is 0 Å². The standard InChI is InChI=1S/C12H27NOS/c1-6-8-13-11(4)7-9-15(14)12(5)10(2)3/h10-13H,6-9H2,1-5H3. The van der Waals surface area contributed by atoms with E-state index in [0.717, 1.165) is 25.1 Å². The van der Waals surface area contributed by atoms with Crippen LogP contribution in [-0.2, 0) is 10.8 Å². The van der Waals surface area contributed by atoms with Crippen LogP contribution in [0.15, 0.2) is 0 Å². The highest BCUT2D eigenvalue weighted by molar-refractivity contribution is 7.85. The summed E-state index contributed by atoms with van der Waals surface area (Å²) in [6.07, 6.45) is 2.18. The van der Waals surface area contributed by atoms with Crippen LogP contribution in [0.25, 0.3) is 0 Å². The lowest BCUT2D eigenvalue weighted by Crippen LogP contribution is -2.30. The highest BCUT2D eigenvalue weighted by Gasteiger charge is 2.15. The Morgan fingerprint density at radius 1 is 1.20 bits per heavy atom. The van der Waals surface area contributed by atoms with Crippen LogP contribution in [0, 0.1) is 5.92 Å². The van der Waals surface area contributed by atoms with Crippen LogP contribution in [0.3, 0.4) is 0 Å². The van der Waals surface area contributed by atoms with Crippen molar-refractivity contribution in [2.75, 3.05) is 12.3 Å². The van der Waals surface area contributed by atoms with Crippen molar-refractivity contribution in [1.29, 1.82) is 0 Å². The van der Waals surface area contributed by atoms with Crippen LogP contribution in [0.1, 0.15) is 47.5 Å². The zero-order valence-corrected chi connectivity index (χ0v) is 11.7. The number of rotatable bonds is 8. The molecule has 0 rings (SSSR count). The van der Waals surface area contributed by atoms with E-state index in [0.29, 0.717) is 17.2 Å². The fraction of sp³-hybridized carbons (Fsp3) is 1.00. The molecule has 0 fully saturated rings. The quantitative estimate of drug-likeness (QED) is 0.698. The number of nitrogens with one attached hydrogen (secondary N) is 1. The molecular weight excluding hydrogens is 206 g/mol. The van der Waals surface area contributed by atoms with Gasteiger partial charge in [0.25, 0.3) is 0 Å². The van der Waals surface area contributed by atoms with E-state index in [2.05, 4.69) is 39.9 Å². The highest BCUT2D eigenvalue weighted by atomic mass is 32.2. The number of hydrogen-bond acceptors (Lipinski definition) is 2. The largest absolute Gasteiger partial charge is 0.314 e. The summed E-state index contributed by atoms with van der Waals surface area (Å²) in [5.41, 5.74) is 0. The van der Waals surface area contributed by atoms with Gasteiger partial charge in [-0.15, -0.1) is 0 Å². The Balaban J connectivity index is 3.70. The minimum Gasteiger partial charge on any atom is -0.314 e. The summed E-state index contributed by atoms with van der Waals surface area (Å²) in [4.78, 5) is 0. The topological polar surface area (TPSA) is 29.1 Å². The lowest BCUT2D eigenvalue weighted by atomic mass is 10.2. The van der Waals surface area contributed by atoms with Crippen LogP contribution in [0.2, 0.25) is 0 Å². The highest BCUT2D eigenvalue weighted by Crippen LogP contribution is 2.10. The maximum absolute atomic E-state index is 11.8. The molecule has 0 bridgehead atoms. The lowest BCUT2D eigenvalue weighted by Gasteiger charge is -2.17. The van der Waals surface area contributed by atoms with Crippen LogP contribution >= 0.6 is 0 Å². The molecule has 0 aromatic heterocycles. The summed E-state index contributed by atoms with van der Waals surface area (Å²) in [5.74, 6) is 1.35. The van der Waals surface area contributed by atoms with Crippen molar-refractivity contribution in [2.45, 2.75) is 58.8 Å². The predicted molar refractivity (Wildman–Crippen MR) is 69.7 cm³/mol. The van der Waals surface area contributed by atoms with E-state index >= 15 is 0 Å². The Labute approximate surface area is 97.7 Å². The van der Waals surface area contributed by atoms with Crippen molar-refractivity contribution in [2.24, 2.45) is 5.92 Å². The summed E-state index contributed by atoms with van der Waals surface area (Å²) in [6.45, 7) is 11.8. The molecule has 0 aromatic carbocycles. The number of hydrogen-bond donors (Lipinski definition) is 1. The van der Waals surface area contributed by atoms with E-state index in [1.165, 1.54) is 0 Å². The molecule has 0 spiro atoms. The van der Waals surface area contributed by atoms with Gasteiger partial charge >= 0.3 is 0 Å². The minimum atomic E-state index is -0.661. The van der Waals surface area contributed by atoms with Gasteiger partial charge in [0.05, 0.1) is 0 Å². The molecule has 3 atom stereocenters. The molecule has 0 aliphatic carbocycles. The summed E-state index contributed by atoms with van der Waals surface area (Å²) >= 11 is 0. The fourth-order valence-corrected chi connectivity index (χ4v) is 2.84. The molecule has 0 aliphatic heterocycles. The van der Waals surface area contributed by atoms with Gasteiger partial charge in [0.1, 0.15) is 0 Å². The molecular formula is C12H27NOS. The third kappa shape index (κ3) is 7.07. The Hall–Kier alpha value is 0.110. The zero-order valence-electron chi connectivity index (χ0n) is 10.9. The van der Waals surface area contributed by atoms with Crippen molar-refractivity contribution in [3.05, 3.63) is 0 Å². The lowest BCUT2D eigenvalue weighted by molar-refractivity contribution is 0.530. The second-order valence-corrected chi connectivity index (χ2v) is 6.59. The second kappa shape index (κ2) is 8.28. The molecule has 2 nitrogen and oxygen atoms in total. The van der Waals surface area contributed by atoms with Gasteiger partial charge in [-0.25, -0.2) is 0 Å². The third-order valence-corrected chi connectivity index (χ3v) is 4.86. The van der Waals surface area contributed by atoms with Gasteiger partial charge in [-0.1, -0.05) is 27.7 Å². The first-order chi connectivity index (χ1) is 6.99. The zero-order chi connectivity index (χ0) is 11.8. The van der Waals surface area contributed by atoms with E-state index in [9.17, 15) is 4.21 Å². The van der Waals surface area contributed by atoms with Crippen molar-refractivity contribution >= 4 is 10.8 Å². The van der Waals surface area contributed by atoms with Crippen molar-refractivity contribution in [3.8, 4) is 0 Å². The van der Waals surface area contributed by atoms with E-state index in [-0.39, 0.29) is 0 Å². The molecule has 0 aliphatic rings. The third-order valence-electron chi connectivity index (χ3n) is 2.85. The van der Waals surface area contributed by atoms with Crippen LogP contribution < -0.4 is 5.32 Å². The molecule has 1 N–H and O–H groups in total. The molecule has 0 saturated carbocycles. The predicted octanol–water partition coefficient (Wildman–Crippen LogP) is 2.56. The van der Waals surface area contributed by atoms with Gasteiger partial charge in [-0.05, 0) is 32.2 Å². The molecule has 3 unspecified atom stereocenters. The average Bonchev–Trinajstić information content (AvgIpc) is 2.21. The van der Waals surface area contributed by atoms with Gasteiger partial charge in [-0.3, -0.25) is 4.21 Å². The van der Waals surface area contributed by atoms with Gasteiger partial charge in [0.2, 0.25) is 0 Å². The molecule has 92 valence electrons. The first-order valence-corrected chi connectivity index (χ1v) is 7.47. The van der Waals surface area contributed by atoms with Crippen LogP contribution in [0.4, 0.5) is 0 Å². The van der Waals surface area contributed by atoms with Gasteiger partial charge in [0, 0.05) is 27.8 Å². The Morgan fingerprint density at radius 2 is 1.80 bits per heavy atom. The maximum atomic E-state index is 11.8.